The number of rotatable bonds is 11. The summed E-state index contributed by atoms with van der Waals surface area (Å²) in [6.45, 7) is 4.36. The second kappa shape index (κ2) is 11.9. The van der Waals surface area contributed by atoms with Crippen LogP contribution in [0.5, 0.6) is 11.5 Å². The van der Waals surface area contributed by atoms with Gasteiger partial charge in [0.05, 0.1) is 31.8 Å². The fourth-order valence-electron chi connectivity index (χ4n) is 5.33. The van der Waals surface area contributed by atoms with Crippen LogP contribution in [0.15, 0.2) is 36.4 Å². The normalized spacial score (nSPS) is 25.8. The molecule has 3 N–H and O–H groups in total. The molecule has 0 bridgehead atoms. The third-order valence-electron chi connectivity index (χ3n) is 7.08. The lowest BCUT2D eigenvalue weighted by molar-refractivity contribution is -0.139. The van der Waals surface area contributed by atoms with Gasteiger partial charge in [0.1, 0.15) is 18.5 Å². The van der Waals surface area contributed by atoms with Crippen LogP contribution >= 0.6 is 0 Å². The van der Waals surface area contributed by atoms with Gasteiger partial charge in [-0.15, -0.1) is 6.58 Å². The highest BCUT2D eigenvalue weighted by Crippen LogP contribution is 2.51. The molecule has 37 heavy (non-hydrogen) atoms. The van der Waals surface area contributed by atoms with Crippen molar-refractivity contribution in [2.75, 3.05) is 33.4 Å². The molecule has 1 fully saturated rings. The number of nitrogens with one attached hydrogen (secondary N) is 1. The van der Waals surface area contributed by atoms with Gasteiger partial charge in [-0.25, -0.2) is 0 Å². The first-order valence-electron chi connectivity index (χ1n) is 12.6. The molecule has 5 atom stereocenters. The molecule has 0 saturated carbocycles. The summed E-state index contributed by atoms with van der Waals surface area (Å²) in [5.41, 5.74) is 1.16. The molecule has 1 saturated heterocycles. The van der Waals surface area contributed by atoms with Crippen LogP contribution in [0.25, 0.3) is 0 Å². The lowest BCUT2D eigenvalue weighted by Gasteiger charge is -2.41. The largest absolute Gasteiger partial charge is 0.493 e. The number of aliphatic hydroxyl groups excluding tert-OH is 2. The number of carbonyl (C=O) groups is 3. The van der Waals surface area contributed by atoms with Crippen LogP contribution in [0.4, 0.5) is 0 Å². The van der Waals surface area contributed by atoms with Gasteiger partial charge in [-0.3, -0.25) is 14.4 Å². The number of aldehydes is 1. The maximum absolute atomic E-state index is 13.3. The molecule has 1 aromatic rings. The van der Waals surface area contributed by atoms with Crippen LogP contribution in [0.1, 0.15) is 47.5 Å². The Labute approximate surface area is 215 Å². The van der Waals surface area contributed by atoms with Crippen LogP contribution in [0.3, 0.4) is 0 Å². The van der Waals surface area contributed by atoms with Gasteiger partial charge in [-0.2, -0.15) is 0 Å². The maximum atomic E-state index is 13.3. The third-order valence-corrected chi connectivity index (χ3v) is 7.08. The lowest BCUT2D eigenvalue weighted by atomic mass is 9.77. The van der Waals surface area contributed by atoms with Gasteiger partial charge in [0.15, 0.2) is 11.5 Å². The van der Waals surface area contributed by atoms with Crippen molar-refractivity contribution in [3.63, 3.8) is 0 Å². The smallest absolute Gasteiger partial charge is 0.247 e. The topological polar surface area (TPSA) is 135 Å². The minimum atomic E-state index is -1.18. The van der Waals surface area contributed by atoms with Gasteiger partial charge in [0.2, 0.25) is 11.8 Å². The Kier molecular flexibility index (Phi) is 8.63. The molecule has 1 aromatic carbocycles. The van der Waals surface area contributed by atoms with Crippen molar-refractivity contribution >= 4 is 18.1 Å². The Hall–Kier alpha value is -3.21. The van der Waals surface area contributed by atoms with Crippen LogP contribution in [-0.4, -0.2) is 91.0 Å². The van der Waals surface area contributed by atoms with E-state index in [0.29, 0.717) is 41.9 Å². The van der Waals surface area contributed by atoms with Crippen molar-refractivity contribution in [1.82, 2.24) is 10.2 Å². The molecule has 2 heterocycles. The van der Waals surface area contributed by atoms with Crippen molar-refractivity contribution < 1.29 is 38.8 Å². The fraction of sp³-hybridized carbons (Fsp3) is 0.519. The maximum Gasteiger partial charge on any atom is 0.247 e. The summed E-state index contributed by atoms with van der Waals surface area (Å²) in [5, 5.41) is 23.5. The lowest BCUT2D eigenvalue weighted by Crippen LogP contribution is -2.57. The Morgan fingerprint density at radius 3 is 2.81 bits per heavy atom. The summed E-state index contributed by atoms with van der Waals surface area (Å²) >= 11 is 0. The van der Waals surface area contributed by atoms with Crippen LogP contribution in [-0.2, 0) is 14.3 Å². The van der Waals surface area contributed by atoms with Crippen LogP contribution < -0.4 is 14.8 Å². The predicted molar refractivity (Wildman–Crippen MR) is 134 cm³/mol. The Morgan fingerprint density at radius 2 is 2.16 bits per heavy atom. The average Bonchev–Trinajstić information content (AvgIpc) is 3.57. The number of ether oxygens (including phenoxy) is 3. The number of allylic oxidation sites excluding steroid dienone is 1. The molecular weight excluding hydrogens is 480 g/mol. The van der Waals surface area contributed by atoms with Crippen molar-refractivity contribution in [1.29, 1.82) is 0 Å². The van der Waals surface area contributed by atoms with Gasteiger partial charge in [0, 0.05) is 42.8 Å². The van der Waals surface area contributed by atoms with Gasteiger partial charge in [-0.05, 0) is 37.5 Å². The van der Waals surface area contributed by atoms with E-state index in [1.807, 2.05) is 0 Å². The zero-order chi connectivity index (χ0) is 26.5. The number of hydrogen-bond acceptors (Lipinski definition) is 8. The van der Waals surface area contributed by atoms with E-state index in [1.165, 1.54) is 13.2 Å². The molecule has 10 heteroatoms. The molecule has 0 radical (unpaired) electrons. The molecule has 1 aliphatic carbocycles. The monoisotopic (exact) mass is 514 g/mol. The molecular formula is C27H34N2O8. The standard InChI is InChI=1S/C27H34N2O8/c1-3-4-7-22(32)29(14-17-6-5-10-36-17)20-13-19(27(34)28-8-9-30)23-18-11-16(15-31)12-21(35-2)25(18)37-26(23)24(20)33/h3,11-13,15,17,20,23-24,26,30,33H,1,4-10,14H2,2H3,(H,28,34)/t17-,20-,23+,24+,26+/m1/s1. The van der Waals surface area contributed by atoms with Crippen LogP contribution in [0.2, 0.25) is 0 Å². The van der Waals surface area contributed by atoms with Gasteiger partial charge < -0.3 is 34.6 Å². The first-order chi connectivity index (χ1) is 17.9. The predicted octanol–water partition coefficient (Wildman–Crippen LogP) is 1.10. The molecule has 2 aliphatic heterocycles. The molecule has 10 nitrogen and oxygen atoms in total. The van der Waals surface area contributed by atoms with E-state index in [4.69, 9.17) is 14.2 Å². The molecule has 0 spiro atoms. The number of aliphatic hydroxyl groups is 2. The third kappa shape index (κ3) is 5.41. The second-order valence-corrected chi connectivity index (χ2v) is 9.41. The molecule has 0 aromatic heterocycles. The first kappa shape index (κ1) is 26.8. The summed E-state index contributed by atoms with van der Waals surface area (Å²) < 4.78 is 17.4. The molecule has 0 unspecified atom stereocenters. The molecule has 4 rings (SSSR count). The Balaban J connectivity index is 1.78. The minimum absolute atomic E-state index is 0.0318. The molecule has 200 valence electrons. The first-order valence-corrected chi connectivity index (χ1v) is 12.6. The summed E-state index contributed by atoms with van der Waals surface area (Å²) in [6, 6.07) is 2.29. The Bertz CT molecular complexity index is 1060. The molecule has 3 aliphatic rings. The summed E-state index contributed by atoms with van der Waals surface area (Å²) in [6.07, 6.45) is 4.04. The number of fused-ring (bicyclic) bond motifs is 3. The van der Waals surface area contributed by atoms with Gasteiger partial charge >= 0.3 is 0 Å². The molecule has 2 amide bonds. The minimum Gasteiger partial charge on any atom is -0.493 e. The number of nitrogens with zero attached hydrogens (tertiary/aromatic N) is 1. The summed E-state index contributed by atoms with van der Waals surface area (Å²) in [5.74, 6) is -0.705. The zero-order valence-electron chi connectivity index (χ0n) is 20.9. The van der Waals surface area contributed by atoms with E-state index >= 15 is 0 Å². The van der Waals surface area contributed by atoms with Crippen molar-refractivity contribution in [3.05, 3.63) is 47.6 Å². The van der Waals surface area contributed by atoms with E-state index in [2.05, 4.69) is 11.9 Å². The summed E-state index contributed by atoms with van der Waals surface area (Å²) in [4.78, 5) is 39.8. The number of carbonyl (C=O) groups excluding carboxylic acids is 3. The highest BCUT2D eigenvalue weighted by Gasteiger charge is 2.51. The van der Waals surface area contributed by atoms with E-state index in [-0.39, 0.29) is 43.7 Å². The summed E-state index contributed by atoms with van der Waals surface area (Å²) in [7, 11) is 1.45. The SMILES string of the molecule is C=CCCC(=O)N(C[C@H]1CCCO1)[C@@H]1C=C(C(=O)NCCO)[C@@H]2c3cc(C=O)cc(OC)c3O[C@@H]2[C@H]1O. The fourth-order valence-corrected chi connectivity index (χ4v) is 5.33. The number of methoxy groups -OCH3 is 1. The number of amides is 2. The quantitative estimate of drug-likeness (QED) is 0.295. The van der Waals surface area contributed by atoms with E-state index in [0.717, 1.165) is 12.8 Å². The van der Waals surface area contributed by atoms with Gasteiger partial charge in [0.25, 0.3) is 0 Å². The highest BCUT2D eigenvalue weighted by molar-refractivity contribution is 5.96. The Morgan fingerprint density at radius 1 is 1.35 bits per heavy atom. The van der Waals surface area contributed by atoms with Crippen LogP contribution in [0, 0.1) is 0 Å². The van der Waals surface area contributed by atoms with Gasteiger partial charge in [-0.1, -0.05) is 6.08 Å². The average molecular weight is 515 g/mol. The number of hydrogen-bond donors (Lipinski definition) is 3. The number of benzene rings is 1. The van der Waals surface area contributed by atoms with Crippen molar-refractivity contribution in [2.24, 2.45) is 0 Å². The zero-order valence-corrected chi connectivity index (χ0v) is 20.9. The second-order valence-electron chi connectivity index (χ2n) is 9.41. The van der Waals surface area contributed by atoms with Crippen molar-refractivity contribution in [2.45, 2.75) is 56.0 Å². The highest BCUT2D eigenvalue weighted by atomic mass is 16.5. The van der Waals surface area contributed by atoms with E-state index in [9.17, 15) is 24.6 Å². The van der Waals surface area contributed by atoms with E-state index < -0.39 is 30.1 Å². The van der Waals surface area contributed by atoms with E-state index in [1.54, 1.807) is 23.1 Å². The van der Waals surface area contributed by atoms with Crippen molar-refractivity contribution in [3.8, 4) is 11.5 Å².